The van der Waals surface area contributed by atoms with E-state index in [1.807, 2.05) is 25.1 Å². The number of rotatable bonds is 8. The van der Waals surface area contributed by atoms with Gasteiger partial charge in [0.15, 0.2) is 17.5 Å². The van der Waals surface area contributed by atoms with E-state index in [0.29, 0.717) is 26.3 Å². The first kappa shape index (κ1) is 16.2. The van der Waals surface area contributed by atoms with Crippen LogP contribution >= 0.6 is 0 Å². The molecule has 0 saturated carbocycles. The number of fused-ring (bicyclic) bond motifs is 1. The number of guanidine groups is 1. The second-order valence-corrected chi connectivity index (χ2v) is 4.54. The average molecular weight is 309 g/mol. The zero-order valence-corrected chi connectivity index (χ0v) is 13.1. The van der Waals surface area contributed by atoms with Crippen LogP contribution in [0.1, 0.15) is 6.92 Å². The molecular formula is C15H23N3O4. The Bertz CT molecular complexity index is 494. The molecule has 122 valence electrons. The van der Waals surface area contributed by atoms with Crippen molar-refractivity contribution >= 4 is 5.96 Å². The lowest BCUT2D eigenvalue weighted by atomic mass is 10.3. The van der Waals surface area contributed by atoms with Crippen molar-refractivity contribution < 1.29 is 18.9 Å². The summed E-state index contributed by atoms with van der Waals surface area (Å²) in [5, 5.41) is 6.37. The quantitative estimate of drug-likeness (QED) is 0.424. The lowest BCUT2D eigenvalue weighted by molar-refractivity contribution is 0.173. The molecule has 1 aromatic carbocycles. The van der Waals surface area contributed by atoms with Crippen LogP contribution < -0.4 is 24.8 Å². The molecule has 1 aromatic rings. The summed E-state index contributed by atoms with van der Waals surface area (Å²) >= 11 is 0. The molecule has 2 N–H and O–H groups in total. The minimum Gasteiger partial charge on any atom is -0.492 e. The summed E-state index contributed by atoms with van der Waals surface area (Å²) in [6.07, 6.45) is 0. The maximum atomic E-state index is 5.68. The molecule has 7 heteroatoms. The number of hydrogen-bond acceptors (Lipinski definition) is 5. The largest absolute Gasteiger partial charge is 0.492 e. The normalized spacial score (nSPS) is 13.1. The number of nitrogens with one attached hydrogen (secondary N) is 2. The molecule has 1 aliphatic heterocycles. The molecule has 7 nitrogen and oxygen atoms in total. The van der Waals surface area contributed by atoms with E-state index < -0.39 is 0 Å². The molecule has 1 aliphatic rings. The Labute approximate surface area is 130 Å². The standard InChI is InChI=1S/C15H23N3O4/c1-3-16-15(17-6-8-19-2)18-7-9-20-12-4-5-13-14(10-12)22-11-21-13/h4-5,10H,3,6-9,11H2,1-2H3,(H2,16,17,18). The number of aliphatic imine (C=N–C) groups is 1. The number of nitrogens with zero attached hydrogens (tertiary/aromatic N) is 1. The van der Waals surface area contributed by atoms with Gasteiger partial charge in [0.1, 0.15) is 12.4 Å². The van der Waals surface area contributed by atoms with E-state index in [1.54, 1.807) is 7.11 Å². The van der Waals surface area contributed by atoms with E-state index in [-0.39, 0.29) is 6.79 Å². The van der Waals surface area contributed by atoms with E-state index in [4.69, 9.17) is 18.9 Å². The fourth-order valence-electron chi connectivity index (χ4n) is 1.90. The maximum absolute atomic E-state index is 5.68. The lowest BCUT2D eigenvalue weighted by Crippen LogP contribution is -2.39. The van der Waals surface area contributed by atoms with Crippen molar-refractivity contribution in [2.45, 2.75) is 6.92 Å². The second kappa shape index (κ2) is 8.99. The highest BCUT2D eigenvalue weighted by Gasteiger charge is 2.13. The molecular weight excluding hydrogens is 286 g/mol. The van der Waals surface area contributed by atoms with Crippen LogP contribution in [0, 0.1) is 0 Å². The van der Waals surface area contributed by atoms with Gasteiger partial charge in [0, 0.05) is 19.7 Å². The van der Waals surface area contributed by atoms with Crippen LogP contribution in [0.3, 0.4) is 0 Å². The number of ether oxygens (including phenoxy) is 4. The first-order chi connectivity index (χ1) is 10.8. The predicted molar refractivity (Wildman–Crippen MR) is 83.9 cm³/mol. The van der Waals surface area contributed by atoms with Crippen LogP contribution in [-0.2, 0) is 4.74 Å². The first-order valence-corrected chi connectivity index (χ1v) is 7.37. The minimum absolute atomic E-state index is 0.268. The molecule has 0 atom stereocenters. The number of hydrogen-bond donors (Lipinski definition) is 2. The molecule has 0 aromatic heterocycles. The molecule has 0 fully saturated rings. The molecule has 0 unspecified atom stereocenters. The van der Waals surface area contributed by atoms with E-state index in [2.05, 4.69) is 15.6 Å². The van der Waals surface area contributed by atoms with Crippen molar-refractivity contribution in [2.24, 2.45) is 4.99 Å². The van der Waals surface area contributed by atoms with Crippen LogP contribution in [0.2, 0.25) is 0 Å². The summed E-state index contributed by atoms with van der Waals surface area (Å²) in [5.74, 6) is 2.99. The summed E-state index contributed by atoms with van der Waals surface area (Å²) in [4.78, 5) is 4.37. The van der Waals surface area contributed by atoms with Gasteiger partial charge in [-0.2, -0.15) is 0 Å². The van der Waals surface area contributed by atoms with Crippen LogP contribution in [0.4, 0.5) is 0 Å². The van der Waals surface area contributed by atoms with Gasteiger partial charge in [-0.15, -0.1) is 0 Å². The smallest absolute Gasteiger partial charge is 0.231 e. The lowest BCUT2D eigenvalue weighted by Gasteiger charge is -2.12. The van der Waals surface area contributed by atoms with Crippen molar-refractivity contribution in [1.82, 2.24) is 10.6 Å². The van der Waals surface area contributed by atoms with E-state index >= 15 is 0 Å². The van der Waals surface area contributed by atoms with E-state index in [9.17, 15) is 0 Å². The van der Waals surface area contributed by atoms with Crippen LogP contribution in [-0.4, -0.2) is 52.7 Å². The van der Waals surface area contributed by atoms with Crippen molar-refractivity contribution in [1.29, 1.82) is 0 Å². The average Bonchev–Trinajstić information content (AvgIpc) is 2.99. The molecule has 0 amide bonds. The van der Waals surface area contributed by atoms with Gasteiger partial charge in [-0.05, 0) is 19.1 Å². The van der Waals surface area contributed by atoms with Gasteiger partial charge < -0.3 is 29.6 Å². The minimum atomic E-state index is 0.268. The Morgan fingerprint density at radius 2 is 2.09 bits per heavy atom. The third-order valence-corrected chi connectivity index (χ3v) is 2.92. The molecule has 0 bridgehead atoms. The number of benzene rings is 1. The number of methoxy groups -OCH3 is 1. The third kappa shape index (κ3) is 5.00. The van der Waals surface area contributed by atoms with E-state index in [1.165, 1.54) is 0 Å². The SMILES string of the molecule is CCNC(=NCCOC)NCCOc1ccc2c(c1)OCO2. The predicted octanol–water partition coefficient (Wildman–Crippen LogP) is 0.996. The van der Waals surface area contributed by atoms with Gasteiger partial charge in [-0.1, -0.05) is 0 Å². The summed E-state index contributed by atoms with van der Waals surface area (Å²) in [6, 6.07) is 5.55. The zero-order valence-electron chi connectivity index (χ0n) is 13.1. The van der Waals surface area contributed by atoms with Gasteiger partial charge in [-0.25, -0.2) is 0 Å². The fraction of sp³-hybridized carbons (Fsp3) is 0.533. The maximum Gasteiger partial charge on any atom is 0.231 e. The molecule has 0 spiro atoms. The van der Waals surface area contributed by atoms with Gasteiger partial charge in [0.25, 0.3) is 0 Å². The monoisotopic (exact) mass is 309 g/mol. The molecule has 22 heavy (non-hydrogen) atoms. The molecule has 2 rings (SSSR count). The van der Waals surface area contributed by atoms with Crippen LogP contribution in [0.5, 0.6) is 17.2 Å². The highest BCUT2D eigenvalue weighted by atomic mass is 16.7. The van der Waals surface area contributed by atoms with Crippen molar-refractivity contribution in [3.8, 4) is 17.2 Å². The third-order valence-electron chi connectivity index (χ3n) is 2.92. The van der Waals surface area contributed by atoms with Crippen molar-refractivity contribution in [3.05, 3.63) is 18.2 Å². The fourth-order valence-corrected chi connectivity index (χ4v) is 1.90. The van der Waals surface area contributed by atoms with Crippen molar-refractivity contribution in [3.63, 3.8) is 0 Å². The van der Waals surface area contributed by atoms with Gasteiger partial charge in [-0.3, -0.25) is 4.99 Å². The second-order valence-electron chi connectivity index (χ2n) is 4.54. The van der Waals surface area contributed by atoms with Crippen LogP contribution in [0.15, 0.2) is 23.2 Å². The van der Waals surface area contributed by atoms with Gasteiger partial charge in [0.2, 0.25) is 6.79 Å². The summed E-state index contributed by atoms with van der Waals surface area (Å²) in [7, 11) is 1.66. The summed E-state index contributed by atoms with van der Waals surface area (Å²) in [5.41, 5.74) is 0. The molecule has 0 saturated heterocycles. The zero-order chi connectivity index (χ0) is 15.6. The summed E-state index contributed by atoms with van der Waals surface area (Å²) < 4.78 is 21.2. The van der Waals surface area contributed by atoms with E-state index in [0.717, 1.165) is 29.8 Å². The molecule has 0 aliphatic carbocycles. The van der Waals surface area contributed by atoms with Gasteiger partial charge in [0.05, 0.1) is 19.7 Å². The topological polar surface area (TPSA) is 73.3 Å². The Hall–Kier alpha value is -2.15. The first-order valence-electron chi connectivity index (χ1n) is 7.37. The van der Waals surface area contributed by atoms with Crippen LogP contribution in [0.25, 0.3) is 0 Å². The Balaban J connectivity index is 1.72. The van der Waals surface area contributed by atoms with Gasteiger partial charge >= 0.3 is 0 Å². The molecule has 0 radical (unpaired) electrons. The Morgan fingerprint density at radius 1 is 1.23 bits per heavy atom. The Morgan fingerprint density at radius 3 is 2.91 bits per heavy atom. The molecule has 1 heterocycles. The highest BCUT2D eigenvalue weighted by molar-refractivity contribution is 5.79. The highest BCUT2D eigenvalue weighted by Crippen LogP contribution is 2.34. The summed E-state index contributed by atoms with van der Waals surface area (Å²) in [6.45, 7) is 5.49. The van der Waals surface area contributed by atoms with Crippen molar-refractivity contribution in [2.75, 3.05) is 46.8 Å². The Kier molecular flexibility index (Phi) is 6.63.